The Labute approximate surface area is 191 Å². The Kier molecular flexibility index (Phi) is 8.35. The van der Waals surface area contributed by atoms with Gasteiger partial charge in [0.15, 0.2) is 6.61 Å². The quantitative estimate of drug-likeness (QED) is 0.662. The van der Waals surface area contributed by atoms with Crippen LogP contribution in [0.15, 0.2) is 42.5 Å². The summed E-state index contributed by atoms with van der Waals surface area (Å²) in [5, 5.41) is 3.91. The summed E-state index contributed by atoms with van der Waals surface area (Å²) in [4.78, 5) is 17.6. The molecule has 6 heteroatoms. The molecule has 0 spiro atoms. The highest BCUT2D eigenvalue weighted by Crippen LogP contribution is 2.32. The molecule has 1 unspecified atom stereocenters. The van der Waals surface area contributed by atoms with E-state index in [1.54, 1.807) is 0 Å². The van der Waals surface area contributed by atoms with Crippen molar-refractivity contribution in [3.8, 4) is 5.75 Å². The molecule has 0 radical (unpaired) electrons. The van der Waals surface area contributed by atoms with Gasteiger partial charge < -0.3 is 15.0 Å². The standard InChI is InChI=1S/C25H34ClN3O2/c1-18(2)21-15-22(26)19(3)14-24(21)31-17-25(30)27-23(20-8-6-5-7-9-20)16-29-12-10-28(4)11-13-29/h5-9,14-15,18,23H,10-13,16-17H2,1-4H3,(H,27,30). The predicted octanol–water partition coefficient (Wildman–Crippen LogP) is 4.26. The number of benzene rings is 2. The number of piperazine rings is 1. The maximum absolute atomic E-state index is 12.8. The third-order valence-corrected chi connectivity index (χ3v) is 6.25. The van der Waals surface area contributed by atoms with E-state index in [2.05, 4.69) is 48.1 Å². The molecule has 0 bridgehead atoms. The average molecular weight is 444 g/mol. The van der Waals surface area contributed by atoms with E-state index < -0.39 is 0 Å². The molecular weight excluding hydrogens is 410 g/mol. The fourth-order valence-electron chi connectivity index (χ4n) is 3.83. The summed E-state index contributed by atoms with van der Waals surface area (Å²) < 4.78 is 5.95. The third-order valence-electron chi connectivity index (χ3n) is 5.85. The van der Waals surface area contributed by atoms with Crippen molar-refractivity contribution in [3.05, 3.63) is 64.2 Å². The summed E-state index contributed by atoms with van der Waals surface area (Å²) in [6, 6.07) is 14.0. The zero-order valence-corrected chi connectivity index (χ0v) is 19.8. The summed E-state index contributed by atoms with van der Waals surface area (Å²) in [5.41, 5.74) is 3.07. The van der Waals surface area contributed by atoms with Gasteiger partial charge >= 0.3 is 0 Å². The van der Waals surface area contributed by atoms with Crippen molar-refractivity contribution in [2.24, 2.45) is 0 Å². The van der Waals surface area contributed by atoms with Gasteiger partial charge in [-0.3, -0.25) is 9.69 Å². The normalized spacial score (nSPS) is 16.3. The van der Waals surface area contributed by atoms with Crippen molar-refractivity contribution < 1.29 is 9.53 Å². The lowest BCUT2D eigenvalue weighted by molar-refractivity contribution is -0.124. The van der Waals surface area contributed by atoms with Crippen molar-refractivity contribution in [3.63, 3.8) is 0 Å². The zero-order valence-electron chi connectivity index (χ0n) is 19.0. The summed E-state index contributed by atoms with van der Waals surface area (Å²) in [6.07, 6.45) is 0. The van der Waals surface area contributed by atoms with Crippen molar-refractivity contribution in [1.82, 2.24) is 15.1 Å². The number of nitrogens with zero attached hydrogens (tertiary/aromatic N) is 2. The highest BCUT2D eigenvalue weighted by molar-refractivity contribution is 6.31. The number of carbonyl (C=O) groups is 1. The molecule has 3 rings (SSSR count). The number of carbonyl (C=O) groups excluding carboxylic acids is 1. The van der Waals surface area contributed by atoms with Crippen LogP contribution in [0, 0.1) is 6.92 Å². The zero-order chi connectivity index (χ0) is 22.4. The summed E-state index contributed by atoms with van der Waals surface area (Å²) >= 11 is 6.29. The van der Waals surface area contributed by atoms with Crippen LogP contribution in [0.5, 0.6) is 5.75 Å². The highest BCUT2D eigenvalue weighted by Gasteiger charge is 2.22. The molecule has 2 aromatic rings. The molecule has 0 aliphatic carbocycles. The van der Waals surface area contributed by atoms with Crippen LogP contribution >= 0.6 is 11.6 Å². The van der Waals surface area contributed by atoms with Gasteiger partial charge in [0.25, 0.3) is 5.91 Å². The average Bonchev–Trinajstić information content (AvgIpc) is 2.75. The van der Waals surface area contributed by atoms with Gasteiger partial charge in [0, 0.05) is 37.7 Å². The fourth-order valence-corrected chi connectivity index (χ4v) is 4.01. The van der Waals surface area contributed by atoms with Crippen LogP contribution in [0.25, 0.3) is 0 Å². The number of ether oxygens (including phenoxy) is 1. The molecule has 5 nitrogen and oxygen atoms in total. The van der Waals surface area contributed by atoms with Gasteiger partial charge in [-0.15, -0.1) is 0 Å². The second-order valence-electron chi connectivity index (χ2n) is 8.72. The van der Waals surface area contributed by atoms with E-state index in [0.29, 0.717) is 0 Å². The molecule has 31 heavy (non-hydrogen) atoms. The van der Waals surface area contributed by atoms with Crippen LogP contribution in [-0.2, 0) is 4.79 Å². The van der Waals surface area contributed by atoms with Crippen LogP contribution in [0.3, 0.4) is 0 Å². The van der Waals surface area contributed by atoms with Gasteiger partial charge in [-0.25, -0.2) is 0 Å². The van der Waals surface area contributed by atoms with Gasteiger partial charge in [-0.1, -0.05) is 55.8 Å². The van der Waals surface area contributed by atoms with E-state index in [1.165, 1.54) is 0 Å². The van der Waals surface area contributed by atoms with E-state index >= 15 is 0 Å². The molecule has 1 heterocycles. The van der Waals surface area contributed by atoms with Gasteiger partial charge in [0.05, 0.1) is 6.04 Å². The Balaban J connectivity index is 1.66. The molecule has 1 N–H and O–H groups in total. The first-order valence-corrected chi connectivity index (χ1v) is 11.4. The molecule has 1 fully saturated rings. The monoisotopic (exact) mass is 443 g/mol. The van der Waals surface area contributed by atoms with Crippen LogP contribution in [0.2, 0.25) is 5.02 Å². The smallest absolute Gasteiger partial charge is 0.258 e. The van der Waals surface area contributed by atoms with Gasteiger partial charge in [-0.05, 0) is 48.7 Å². The van der Waals surface area contributed by atoms with Crippen LogP contribution in [0.4, 0.5) is 0 Å². The highest BCUT2D eigenvalue weighted by atomic mass is 35.5. The van der Waals surface area contributed by atoms with E-state index in [4.69, 9.17) is 16.3 Å². The lowest BCUT2D eigenvalue weighted by Crippen LogP contribution is -2.48. The molecular formula is C25H34ClN3O2. The van der Waals surface area contributed by atoms with Crippen LogP contribution in [-0.4, -0.2) is 62.1 Å². The number of halogens is 1. The number of aryl methyl sites for hydroxylation is 1. The Bertz CT molecular complexity index is 865. The molecule has 1 atom stereocenters. The van der Waals surface area contributed by atoms with E-state index in [0.717, 1.165) is 60.2 Å². The second kappa shape index (κ2) is 11.0. The van der Waals surface area contributed by atoms with Crippen molar-refractivity contribution in [2.45, 2.75) is 32.7 Å². The first-order valence-electron chi connectivity index (χ1n) is 11.0. The molecule has 1 amide bonds. The van der Waals surface area contributed by atoms with Crippen LogP contribution < -0.4 is 10.1 Å². The predicted molar refractivity (Wildman–Crippen MR) is 127 cm³/mol. The van der Waals surface area contributed by atoms with Gasteiger partial charge in [0.1, 0.15) is 5.75 Å². The first kappa shape index (κ1) is 23.6. The number of hydrogen-bond donors (Lipinski definition) is 1. The summed E-state index contributed by atoms with van der Waals surface area (Å²) in [7, 11) is 2.15. The van der Waals surface area contributed by atoms with E-state index in [9.17, 15) is 4.79 Å². The molecule has 0 saturated carbocycles. The van der Waals surface area contributed by atoms with Crippen molar-refractivity contribution in [2.75, 3.05) is 46.4 Å². The molecule has 168 valence electrons. The Hall–Kier alpha value is -2.08. The van der Waals surface area contributed by atoms with Crippen molar-refractivity contribution >= 4 is 17.5 Å². The minimum Gasteiger partial charge on any atom is -0.483 e. The molecule has 1 aliphatic rings. The number of rotatable bonds is 8. The summed E-state index contributed by atoms with van der Waals surface area (Å²) in [6.45, 7) is 11.0. The van der Waals surface area contributed by atoms with Gasteiger partial charge in [0.2, 0.25) is 0 Å². The Morgan fingerprint density at radius 3 is 2.45 bits per heavy atom. The summed E-state index contributed by atoms with van der Waals surface area (Å²) in [5.74, 6) is 0.859. The van der Waals surface area contributed by atoms with E-state index in [-0.39, 0.29) is 24.5 Å². The molecule has 2 aromatic carbocycles. The molecule has 1 aliphatic heterocycles. The fraction of sp³-hybridized carbons (Fsp3) is 0.480. The number of nitrogens with one attached hydrogen (secondary N) is 1. The van der Waals surface area contributed by atoms with Crippen LogP contribution in [0.1, 0.15) is 42.5 Å². The first-order chi connectivity index (χ1) is 14.8. The third kappa shape index (κ3) is 6.70. The largest absolute Gasteiger partial charge is 0.483 e. The molecule has 1 saturated heterocycles. The lowest BCUT2D eigenvalue weighted by atomic mass is 10.0. The lowest BCUT2D eigenvalue weighted by Gasteiger charge is -2.35. The van der Waals surface area contributed by atoms with Gasteiger partial charge in [-0.2, -0.15) is 0 Å². The second-order valence-corrected chi connectivity index (χ2v) is 9.12. The topological polar surface area (TPSA) is 44.8 Å². The number of amides is 1. The van der Waals surface area contributed by atoms with E-state index in [1.807, 2.05) is 37.3 Å². The van der Waals surface area contributed by atoms with Crippen molar-refractivity contribution in [1.29, 1.82) is 0 Å². The number of likely N-dealkylation sites (N-methyl/N-ethyl adjacent to an activating group) is 1. The Morgan fingerprint density at radius 2 is 1.81 bits per heavy atom. The Morgan fingerprint density at radius 1 is 1.13 bits per heavy atom. The maximum Gasteiger partial charge on any atom is 0.258 e. The minimum absolute atomic E-state index is 0.0210. The molecule has 0 aromatic heterocycles. The number of hydrogen-bond acceptors (Lipinski definition) is 4. The SMILES string of the molecule is Cc1cc(OCC(=O)NC(CN2CCN(C)CC2)c2ccccc2)c(C(C)C)cc1Cl. The minimum atomic E-state index is -0.120. The maximum atomic E-state index is 12.8.